The minimum Gasteiger partial charge on any atom is -0.355 e. The third-order valence-electron chi connectivity index (χ3n) is 4.61. The van der Waals surface area contributed by atoms with Gasteiger partial charge in [-0.3, -0.25) is 4.79 Å². The number of aryl methyl sites for hydroxylation is 1. The molecule has 2 aromatic heterocycles. The number of hydrogen-bond acceptors (Lipinski definition) is 5. The van der Waals surface area contributed by atoms with Crippen molar-refractivity contribution in [3.63, 3.8) is 0 Å². The second-order valence-corrected chi connectivity index (χ2v) is 6.29. The van der Waals surface area contributed by atoms with E-state index in [1.54, 1.807) is 10.9 Å². The molecule has 1 saturated heterocycles. The van der Waals surface area contributed by atoms with Crippen LogP contribution in [0.15, 0.2) is 55.1 Å². The molecule has 1 aromatic carbocycles. The lowest BCUT2D eigenvalue weighted by atomic mass is 9.98. The van der Waals surface area contributed by atoms with E-state index in [0.717, 1.165) is 23.5 Å². The Morgan fingerprint density at radius 1 is 1.19 bits per heavy atom. The fourth-order valence-electron chi connectivity index (χ4n) is 3.06. The first-order chi connectivity index (χ1) is 12.7. The van der Waals surface area contributed by atoms with Gasteiger partial charge in [0, 0.05) is 37.2 Å². The van der Waals surface area contributed by atoms with Crippen molar-refractivity contribution < 1.29 is 4.79 Å². The predicted octanol–water partition coefficient (Wildman–Crippen LogP) is 2.30. The van der Waals surface area contributed by atoms with Crippen LogP contribution in [0.5, 0.6) is 0 Å². The van der Waals surface area contributed by atoms with Gasteiger partial charge in [0.2, 0.25) is 5.91 Å². The van der Waals surface area contributed by atoms with Crippen LogP contribution in [0.4, 0.5) is 11.5 Å². The highest BCUT2D eigenvalue weighted by atomic mass is 16.2. The zero-order valence-corrected chi connectivity index (χ0v) is 14.5. The van der Waals surface area contributed by atoms with Crippen LogP contribution in [0.1, 0.15) is 12.5 Å². The van der Waals surface area contributed by atoms with Crippen LogP contribution in [0.2, 0.25) is 0 Å². The Morgan fingerprint density at radius 3 is 2.77 bits per heavy atom. The Morgan fingerprint density at radius 2 is 2.00 bits per heavy atom. The molecule has 4 rings (SSSR count). The third kappa shape index (κ3) is 3.15. The molecule has 1 N–H and O–H groups in total. The molecule has 3 heterocycles. The molecule has 0 bridgehead atoms. The number of nitrogens with one attached hydrogen (secondary N) is 1. The van der Waals surface area contributed by atoms with Crippen LogP contribution >= 0.6 is 0 Å². The number of carbonyl (C=O) groups is 1. The van der Waals surface area contributed by atoms with E-state index >= 15 is 0 Å². The van der Waals surface area contributed by atoms with Crippen molar-refractivity contribution in [1.29, 1.82) is 0 Å². The van der Waals surface area contributed by atoms with Crippen molar-refractivity contribution in [2.24, 2.45) is 5.92 Å². The molecule has 7 heteroatoms. The lowest BCUT2D eigenvalue weighted by Crippen LogP contribution is -2.52. The molecular formula is C19H20N6O. The highest BCUT2D eigenvalue weighted by Crippen LogP contribution is 2.25. The smallest absolute Gasteiger partial charge is 0.231 e. The van der Waals surface area contributed by atoms with Crippen molar-refractivity contribution in [1.82, 2.24) is 19.7 Å². The Labute approximate surface area is 151 Å². The van der Waals surface area contributed by atoms with Crippen molar-refractivity contribution in [3.8, 4) is 5.82 Å². The van der Waals surface area contributed by atoms with E-state index in [1.807, 2.05) is 42.6 Å². The molecule has 1 aliphatic heterocycles. The highest BCUT2D eigenvalue weighted by molar-refractivity contribution is 5.95. The number of nitrogens with zero attached hydrogens (tertiary/aromatic N) is 5. The van der Waals surface area contributed by atoms with Crippen molar-refractivity contribution >= 4 is 17.4 Å². The van der Waals surface area contributed by atoms with Crippen LogP contribution in [-0.4, -0.2) is 38.7 Å². The van der Waals surface area contributed by atoms with Gasteiger partial charge < -0.3 is 10.2 Å². The maximum Gasteiger partial charge on any atom is 0.231 e. The Bertz CT molecular complexity index is 902. The molecule has 0 radical (unpaired) electrons. The molecule has 132 valence electrons. The average molecular weight is 348 g/mol. The number of anilines is 2. The van der Waals surface area contributed by atoms with Crippen LogP contribution < -0.4 is 10.2 Å². The maximum absolute atomic E-state index is 12.5. The summed E-state index contributed by atoms with van der Waals surface area (Å²) in [5, 5.41) is 7.24. The summed E-state index contributed by atoms with van der Waals surface area (Å²) in [7, 11) is 0. The second kappa shape index (κ2) is 6.95. The molecular weight excluding hydrogens is 328 g/mol. The lowest BCUT2D eigenvalue weighted by Gasteiger charge is -2.39. The quantitative estimate of drug-likeness (QED) is 0.766. The van der Waals surface area contributed by atoms with Gasteiger partial charge in [0.25, 0.3) is 0 Å². The third-order valence-corrected chi connectivity index (χ3v) is 4.61. The number of carbonyl (C=O) groups excluding carboxylic acids is 1. The zero-order valence-electron chi connectivity index (χ0n) is 14.5. The standard InChI is InChI=1S/C19H20N6O/c1-2-14-6-3-4-7-16(14)23-19(26)15-11-24(12-15)17-10-18(21-13-20-17)25-9-5-8-22-25/h3-10,13,15H,2,11-12H2,1H3,(H,23,26). The Kier molecular flexibility index (Phi) is 4.35. The van der Waals surface area contributed by atoms with E-state index in [-0.39, 0.29) is 11.8 Å². The summed E-state index contributed by atoms with van der Waals surface area (Å²) in [5.74, 6) is 1.54. The average Bonchev–Trinajstić information content (AvgIpc) is 3.16. The summed E-state index contributed by atoms with van der Waals surface area (Å²) in [6.07, 6.45) is 5.96. The van der Waals surface area contributed by atoms with Gasteiger partial charge in [-0.05, 0) is 24.1 Å². The van der Waals surface area contributed by atoms with E-state index in [2.05, 4.69) is 32.2 Å². The lowest BCUT2D eigenvalue weighted by molar-refractivity contribution is -0.120. The largest absolute Gasteiger partial charge is 0.355 e. The van der Waals surface area contributed by atoms with Crippen LogP contribution in [0, 0.1) is 5.92 Å². The molecule has 0 spiro atoms. The van der Waals surface area contributed by atoms with E-state index in [4.69, 9.17) is 0 Å². The van der Waals surface area contributed by atoms with Crippen molar-refractivity contribution in [2.45, 2.75) is 13.3 Å². The van der Waals surface area contributed by atoms with E-state index in [9.17, 15) is 4.79 Å². The minimum atomic E-state index is -0.0389. The first kappa shape index (κ1) is 16.3. The number of amides is 1. The first-order valence-electron chi connectivity index (χ1n) is 8.70. The van der Waals surface area contributed by atoms with Crippen molar-refractivity contribution in [2.75, 3.05) is 23.3 Å². The summed E-state index contributed by atoms with van der Waals surface area (Å²) in [6.45, 7) is 3.38. The molecule has 26 heavy (non-hydrogen) atoms. The Hall–Kier alpha value is -3.22. The molecule has 1 amide bonds. The van der Waals surface area contributed by atoms with Gasteiger partial charge in [-0.25, -0.2) is 14.6 Å². The SMILES string of the molecule is CCc1ccccc1NC(=O)C1CN(c2cc(-n3cccn3)ncn2)C1. The number of hydrogen-bond donors (Lipinski definition) is 1. The van der Waals surface area contributed by atoms with Gasteiger partial charge in [0.15, 0.2) is 5.82 Å². The summed E-state index contributed by atoms with van der Waals surface area (Å²) in [5.41, 5.74) is 2.05. The van der Waals surface area contributed by atoms with E-state index in [1.165, 1.54) is 6.33 Å². The number of rotatable bonds is 5. The number of para-hydroxylation sites is 1. The van der Waals surface area contributed by atoms with Crippen LogP contribution in [0.25, 0.3) is 5.82 Å². The summed E-state index contributed by atoms with van der Waals surface area (Å²) < 4.78 is 1.69. The van der Waals surface area contributed by atoms with Crippen molar-refractivity contribution in [3.05, 3.63) is 60.7 Å². The van der Waals surface area contributed by atoms with Gasteiger partial charge in [-0.2, -0.15) is 5.10 Å². The van der Waals surface area contributed by atoms with E-state index < -0.39 is 0 Å². The monoisotopic (exact) mass is 348 g/mol. The number of benzene rings is 1. The van der Waals surface area contributed by atoms with Gasteiger partial charge in [0.1, 0.15) is 12.1 Å². The molecule has 0 atom stereocenters. The van der Waals surface area contributed by atoms with Crippen LogP contribution in [0.3, 0.4) is 0 Å². The van der Waals surface area contributed by atoms with E-state index in [0.29, 0.717) is 18.9 Å². The summed E-state index contributed by atoms with van der Waals surface area (Å²) in [6, 6.07) is 11.7. The minimum absolute atomic E-state index is 0.0389. The second-order valence-electron chi connectivity index (χ2n) is 6.29. The van der Waals surface area contributed by atoms with Gasteiger partial charge in [0.05, 0.1) is 5.92 Å². The molecule has 1 aliphatic rings. The molecule has 0 aliphatic carbocycles. The fraction of sp³-hybridized carbons (Fsp3) is 0.263. The molecule has 0 saturated carbocycles. The topological polar surface area (TPSA) is 75.9 Å². The van der Waals surface area contributed by atoms with Crippen LogP contribution in [-0.2, 0) is 11.2 Å². The van der Waals surface area contributed by atoms with Gasteiger partial charge >= 0.3 is 0 Å². The predicted molar refractivity (Wildman–Crippen MR) is 99.3 cm³/mol. The maximum atomic E-state index is 12.5. The zero-order chi connectivity index (χ0) is 17.9. The molecule has 1 fully saturated rings. The van der Waals surface area contributed by atoms with Gasteiger partial charge in [-0.1, -0.05) is 25.1 Å². The summed E-state index contributed by atoms with van der Waals surface area (Å²) in [4.78, 5) is 23.1. The molecule has 7 nitrogen and oxygen atoms in total. The molecule has 3 aromatic rings. The summed E-state index contributed by atoms with van der Waals surface area (Å²) >= 11 is 0. The fourth-order valence-corrected chi connectivity index (χ4v) is 3.06. The number of aromatic nitrogens is 4. The highest BCUT2D eigenvalue weighted by Gasteiger charge is 2.33. The Balaban J connectivity index is 1.39. The van der Waals surface area contributed by atoms with Gasteiger partial charge in [-0.15, -0.1) is 0 Å². The first-order valence-corrected chi connectivity index (χ1v) is 8.70. The normalized spacial score (nSPS) is 14.1. The molecule has 0 unspecified atom stereocenters.